The molecule has 1 saturated heterocycles. The van der Waals surface area contributed by atoms with Crippen LogP contribution in [0.3, 0.4) is 0 Å². The van der Waals surface area contributed by atoms with Crippen molar-refractivity contribution in [1.29, 1.82) is 0 Å². The standard InChI is InChI=1S/C15H19N5O2/c1-10-6-11(19-13(22)9-21)8-20(7-10)12-2-3-17-15-14(12)16-4-5-18-15/h2-5,10-11,21H,6-9H2,1H3,(H,19,22)/t10-,11+/m0/s1. The van der Waals surface area contributed by atoms with Gasteiger partial charge in [-0.15, -0.1) is 0 Å². The first-order valence-electron chi connectivity index (χ1n) is 7.38. The highest BCUT2D eigenvalue weighted by atomic mass is 16.3. The van der Waals surface area contributed by atoms with E-state index in [2.05, 4.69) is 32.1 Å². The molecular weight excluding hydrogens is 282 g/mol. The van der Waals surface area contributed by atoms with Crippen LogP contribution in [-0.4, -0.2) is 51.7 Å². The minimum absolute atomic E-state index is 0.0169. The second kappa shape index (κ2) is 6.23. The summed E-state index contributed by atoms with van der Waals surface area (Å²) >= 11 is 0. The zero-order valence-electron chi connectivity index (χ0n) is 12.4. The fourth-order valence-electron chi connectivity index (χ4n) is 3.04. The zero-order chi connectivity index (χ0) is 15.5. The number of aliphatic hydroxyl groups excluding tert-OH is 1. The van der Waals surface area contributed by atoms with Gasteiger partial charge < -0.3 is 15.3 Å². The summed E-state index contributed by atoms with van der Waals surface area (Å²) in [6.45, 7) is 3.25. The highest BCUT2D eigenvalue weighted by Gasteiger charge is 2.27. The molecule has 22 heavy (non-hydrogen) atoms. The topological polar surface area (TPSA) is 91.2 Å². The van der Waals surface area contributed by atoms with Crippen LogP contribution in [0.15, 0.2) is 24.7 Å². The van der Waals surface area contributed by atoms with Gasteiger partial charge in [0.15, 0.2) is 5.65 Å². The average Bonchev–Trinajstić information content (AvgIpc) is 2.53. The Bertz CT molecular complexity index is 673. The van der Waals surface area contributed by atoms with E-state index in [1.165, 1.54) is 0 Å². The minimum atomic E-state index is -0.478. The van der Waals surface area contributed by atoms with Crippen molar-refractivity contribution in [2.45, 2.75) is 19.4 Å². The Morgan fingerprint density at radius 2 is 2.09 bits per heavy atom. The van der Waals surface area contributed by atoms with Crippen LogP contribution in [0.2, 0.25) is 0 Å². The van der Waals surface area contributed by atoms with Gasteiger partial charge in [0.25, 0.3) is 0 Å². The molecule has 1 aliphatic heterocycles. The molecule has 3 rings (SSSR count). The van der Waals surface area contributed by atoms with Crippen molar-refractivity contribution in [3.05, 3.63) is 24.7 Å². The summed E-state index contributed by atoms with van der Waals surface area (Å²) in [6, 6.07) is 1.95. The molecular formula is C15H19N5O2. The highest BCUT2D eigenvalue weighted by molar-refractivity contribution is 5.85. The van der Waals surface area contributed by atoms with Gasteiger partial charge in [0.1, 0.15) is 12.1 Å². The van der Waals surface area contributed by atoms with Crippen molar-refractivity contribution < 1.29 is 9.90 Å². The molecule has 7 nitrogen and oxygen atoms in total. The fourth-order valence-corrected chi connectivity index (χ4v) is 3.04. The van der Waals surface area contributed by atoms with Crippen LogP contribution in [-0.2, 0) is 4.79 Å². The molecule has 2 aromatic rings. The summed E-state index contributed by atoms with van der Waals surface area (Å²) in [4.78, 5) is 26.5. The van der Waals surface area contributed by atoms with Gasteiger partial charge in [-0.3, -0.25) is 4.79 Å². The molecule has 0 spiro atoms. The molecule has 2 aromatic heterocycles. The lowest BCUT2D eigenvalue weighted by Crippen LogP contribution is -2.51. The molecule has 2 atom stereocenters. The van der Waals surface area contributed by atoms with Gasteiger partial charge in [-0.05, 0) is 18.4 Å². The number of nitrogens with one attached hydrogen (secondary N) is 1. The number of carbonyl (C=O) groups is 1. The Labute approximate surface area is 128 Å². The van der Waals surface area contributed by atoms with E-state index in [1.54, 1.807) is 18.6 Å². The van der Waals surface area contributed by atoms with Crippen LogP contribution in [0.5, 0.6) is 0 Å². The maximum Gasteiger partial charge on any atom is 0.245 e. The van der Waals surface area contributed by atoms with Crippen molar-refractivity contribution in [2.24, 2.45) is 5.92 Å². The number of hydrogen-bond acceptors (Lipinski definition) is 6. The molecule has 1 amide bonds. The van der Waals surface area contributed by atoms with Gasteiger partial charge >= 0.3 is 0 Å². The van der Waals surface area contributed by atoms with Crippen LogP contribution < -0.4 is 10.2 Å². The van der Waals surface area contributed by atoms with Crippen molar-refractivity contribution in [1.82, 2.24) is 20.3 Å². The van der Waals surface area contributed by atoms with E-state index in [0.717, 1.165) is 24.2 Å². The Kier molecular flexibility index (Phi) is 4.15. The SMILES string of the molecule is C[C@H]1C[C@@H](NC(=O)CO)CN(c2ccnc3nccnc23)C1. The third-order valence-electron chi connectivity index (χ3n) is 3.86. The maximum absolute atomic E-state index is 11.4. The van der Waals surface area contributed by atoms with Crippen molar-refractivity contribution in [2.75, 3.05) is 24.6 Å². The second-order valence-corrected chi connectivity index (χ2v) is 5.73. The summed E-state index contributed by atoms with van der Waals surface area (Å²) < 4.78 is 0. The number of anilines is 1. The molecule has 3 heterocycles. The first kappa shape index (κ1) is 14.6. The lowest BCUT2D eigenvalue weighted by Gasteiger charge is -2.38. The third kappa shape index (κ3) is 2.99. The Balaban J connectivity index is 1.87. The smallest absolute Gasteiger partial charge is 0.245 e. The average molecular weight is 301 g/mol. The number of nitrogens with zero attached hydrogens (tertiary/aromatic N) is 4. The van der Waals surface area contributed by atoms with E-state index in [9.17, 15) is 4.79 Å². The number of piperidine rings is 1. The number of aromatic nitrogens is 3. The molecule has 2 N–H and O–H groups in total. The molecule has 1 aliphatic rings. The molecule has 0 aliphatic carbocycles. The Morgan fingerprint density at radius 1 is 1.32 bits per heavy atom. The number of rotatable bonds is 3. The lowest BCUT2D eigenvalue weighted by atomic mass is 9.95. The molecule has 1 fully saturated rings. The predicted molar refractivity (Wildman–Crippen MR) is 82.3 cm³/mol. The van der Waals surface area contributed by atoms with E-state index in [0.29, 0.717) is 18.1 Å². The van der Waals surface area contributed by atoms with Crippen LogP contribution >= 0.6 is 0 Å². The predicted octanol–water partition coefficient (Wildman–Crippen LogP) is 0.348. The highest BCUT2D eigenvalue weighted by Crippen LogP contribution is 2.27. The summed E-state index contributed by atoms with van der Waals surface area (Å²) in [5, 5.41) is 11.8. The fraction of sp³-hybridized carbons (Fsp3) is 0.467. The van der Waals surface area contributed by atoms with Gasteiger partial charge in [-0.2, -0.15) is 0 Å². The maximum atomic E-state index is 11.4. The second-order valence-electron chi connectivity index (χ2n) is 5.73. The first-order valence-corrected chi connectivity index (χ1v) is 7.38. The van der Waals surface area contributed by atoms with Crippen molar-refractivity contribution in [3.8, 4) is 0 Å². The number of pyridine rings is 1. The molecule has 0 unspecified atom stereocenters. The first-order chi connectivity index (χ1) is 10.7. The van der Waals surface area contributed by atoms with E-state index in [4.69, 9.17) is 5.11 Å². The lowest BCUT2D eigenvalue weighted by molar-refractivity contribution is -0.124. The van der Waals surface area contributed by atoms with Gasteiger partial charge in [-0.1, -0.05) is 6.92 Å². The van der Waals surface area contributed by atoms with E-state index >= 15 is 0 Å². The number of hydrogen-bond donors (Lipinski definition) is 2. The monoisotopic (exact) mass is 301 g/mol. The summed E-state index contributed by atoms with van der Waals surface area (Å²) in [7, 11) is 0. The van der Waals surface area contributed by atoms with Gasteiger partial charge in [0.05, 0.1) is 5.69 Å². The van der Waals surface area contributed by atoms with Gasteiger partial charge in [0.2, 0.25) is 5.91 Å². The van der Waals surface area contributed by atoms with E-state index in [1.807, 2.05) is 6.07 Å². The van der Waals surface area contributed by atoms with Gasteiger partial charge in [0, 0.05) is 37.7 Å². The molecule has 0 radical (unpaired) electrons. The summed E-state index contributed by atoms with van der Waals surface area (Å²) in [5.74, 6) is 0.0936. The zero-order valence-corrected chi connectivity index (χ0v) is 12.4. The van der Waals surface area contributed by atoms with Crippen LogP contribution in [0.25, 0.3) is 11.2 Å². The van der Waals surface area contributed by atoms with Crippen molar-refractivity contribution >= 4 is 22.8 Å². The van der Waals surface area contributed by atoms with Crippen LogP contribution in [0.4, 0.5) is 5.69 Å². The molecule has 7 heteroatoms. The van der Waals surface area contributed by atoms with Gasteiger partial charge in [-0.25, -0.2) is 15.0 Å². The van der Waals surface area contributed by atoms with Crippen LogP contribution in [0.1, 0.15) is 13.3 Å². The Hall–Kier alpha value is -2.28. The summed E-state index contributed by atoms with van der Waals surface area (Å²) in [6.07, 6.45) is 5.91. The Morgan fingerprint density at radius 3 is 2.91 bits per heavy atom. The molecule has 0 bridgehead atoms. The summed E-state index contributed by atoms with van der Waals surface area (Å²) in [5.41, 5.74) is 2.37. The third-order valence-corrected chi connectivity index (χ3v) is 3.86. The molecule has 0 saturated carbocycles. The van der Waals surface area contributed by atoms with Crippen LogP contribution in [0, 0.1) is 5.92 Å². The molecule has 0 aromatic carbocycles. The number of carbonyl (C=O) groups excluding carboxylic acids is 1. The number of amides is 1. The van der Waals surface area contributed by atoms with E-state index in [-0.39, 0.29) is 11.9 Å². The minimum Gasteiger partial charge on any atom is -0.387 e. The van der Waals surface area contributed by atoms with E-state index < -0.39 is 6.61 Å². The number of fused-ring (bicyclic) bond motifs is 1. The quantitative estimate of drug-likeness (QED) is 0.850. The molecule has 116 valence electrons. The van der Waals surface area contributed by atoms with Crippen molar-refractivity contribution in [3.63, 3.8) is 0 Å². The largest absolute Gasteiger partial charge is 0.387 e. The normalized spacial score (nSPS) is 21.8. The number of aliphatic hydroxyl groups is 1.